The third kappa shape index (κ3) is 3.67. The Balaban J connectivity index is 2.45. The van der Waals surface area contributed by atoms with Gasteiger partial charge in [0.25, 0.3) is 0 Å². The average molecular weight is 328 g/mol. The summed E-state index contributed by atoms with van der Waals surface area (Å²) in [6.45, 7) is 2.38. The number of benzene rings is 2. The van der Waals surface area contributed by atoms with E-state index in [0.717, 1.165) is 11.1 Å². The quantitative estimate of drug-likeness (QED) is 0.848. The minimum absolute atomic E-state index is 0.249. The van der Waals surface area contributed by atoms with Crippen molar-refractivity contribution in [1.29, 1.82) is 0 Å². The van der Waals surface area contributed by atoms with E-state index in [1.165, 1.54) is 12.1 Å². The van der Waals surface area contributed by atoms with Crippen LogP contribution in [0.5, 0.6) is 5.75 Å². The van der Waals surface area contributed by atoms with E-state index in [9.17, 15) is 4.39 Å². The molecule has 21 heavy (non-hydrogen) atoms. The van der Waals surface area contributed by atoms with Crippen molar-refractivity contribution in [3.05, 3.63) is 63.4 Å². The number of hydrogen-bond acceptors (Lipinski definition) is 2. The summed E-state index contributed by atoms with van der Waals surface area (Å²) in [5, 5.41) is 4.13. The van der Waals surface area contributed by atoms with E-state index in [2.05, 4.69) is 5.32 Å². The Hall–Kier alpha value is -1.29. The standard InChI is InChI=1S/C16H16Cl2FNO/c1-3-21-15-9-13(17)12(8-14(15)18)16(20-2)10-5-4-6-11(19)7-10/h4-9,16,20H,3H2,1-2H3. The van der Waals surface area contributed by atoms with Gasteiger partial charge in [-0.2, -0.15) is 0 Å². The van der Waals surface area contributed by atoms with E-state index in [0.29, 0.717) is 22.4 Å². The molecule has 1 atom stereocenters. The van der Waals surface area contributed by atoms with Crippen LogP contribution < -0.4 is 10.1 Å². The van der Waals surface area contributed by atoms with Gasteiger partial charge in [0.1, 0.15) is 11.6 Å². The molecule has 0 fully saturated rings. The molecule has 0 radical (unpaired) electrons. The molecule has 2 aromatic rings. The predicted octanol–water partition coefficient (Wildman–Crippen LogP) is 4.84. The minimum Gasteiger partial charge on any atom is -0.492 e. The zero-order valence-corrected chi connectivity index (χ0v) is 13.3. The summed E-state index contributed by atoms with van der Waals surface area (Å²) in [6.07, 6.45) is 0. The van der Waals surface area contributed by atoms with E-state index < -0.39 is 0 Å². The van der Waals surface area contributed by atoms with Crippen molar-refractivity contribution in [2.75, 3.05) is 13.7 Å². The summed E-state index contributed by atoms with van der Waals surface area (Å²) >= 11 is 12.5. The third-order valence-electron chi connectivity index (χ3n) is 3.13. The van der Waals surface area contributed by atoms with Crippen molar-refractivity contribution in [3.8, 4) is 5.75 Å². The lowest BCUT2D eigenvalue weighted by molar-refractivity contribution is 0.340. The molecule has 2 nitrogen and oxygen atoms in total. The second-order valence-corrected chi connectivity index (χ2v) is 5.33. The van der Waals surface area contributed by atoms with Crippen LogP contribution in [-0.2, 0) is 0 Å². The van der Waals surface area contributed by atoms with Crippen molar-refractivity contribution in [2.45, 2.75) is 13.0 Å². The third-order valence-corrected chi connectivity index (χ3v) is 3.76. The highest BCUT2D eigenvalue weighted by Crippen LogP contribution is 2.36. The molecule has 2 rings (SSSR count). The Bertz CT molecular complexity index is 634. The van der Waals surface area contributed by atoms with Gasteiger partial charge in [-0.05, 0) is 43.3 Å². The Morgan fingerprint density at radius 2 is 1.95 bits per heavy atom. The summed E-state index contributed by atoms with van der Waals surface area (Å²) in [6, 6.07) is 9.57. The highest BCUT2D eigenvalue weighted by Gasteiger charge is 2.18. The largest absolute Gasteiger partial charge is 0.492 e. The highest BCUT2D eigenvalue weighted by molar-refractivity contribution is 6.34. The van der Waals surface area contributed by atoms with Gasteiger partial charge in [-0.25, -0.2) is 4.39 Å². The van der Waals surface area contributed by atoms with Crippen molar-refractivity contribution in [3.63, 3.8) is 0 Å². The molecule has 0 spiro atoms. The maximum atomic E-state index is 13.4. The second kappa shape index (κ2) is 7.12. The molecule has 1 unspecified atom stereocenters. The lowest BCUT2D eigenvalue weighted by Crippen LogP contribution is -2.18. The maximum absolute atomic E-state index is 13.4. The fourth-order valence-corrected chi connectivity index (χ4v) is 2.71. The fraction of sp³-hybridized carbons (Fsp3) is 0.250. The van der Waals surface area contributed by atoms with E-state index in [1.807, 2.05) is 13.0 Å². The summed E-state index contributed by atoms with van der Waals surface area (Å²) < 4.78 is 18.8. The number of nitrogens with one attached hydrogen (secondary N) is 1. The van der Waals surface area contributed by atoms with Crippen LogP contribution in [0.1, 0.15) is 24.1 Å². The predicted molar refractivity (Wildman–Crippen MR) is 84.9 cm³/mol. The van der Waals surface area contributed by atoms with Gasteiger partial charge in [0.05, 0.1) is 17.7 Å². The molecule has 1 N–H and O–H groups in total. The van der Waals surface area contributed by atoms with E-state index in [1.54, 1.807) is 25.2 Å². The fourth-order valence-electron chi connectivity index (χ4n) is 2.22. The van der Waals surface area contributed by atoms with Crippen molar-refractivity contribution in [1.82, 2.24) is 5.32 Å². The zero-order chi connectivity index (χ0) is 15.4. The molecule has 5 heteroatoms. The van der Waals surface area contributed by atoms with Gasteiger partial charge in [-0.15, -0.1) is 0 Å². The first kappa shape index (κ1) is 16.1. The summed E-state index contributed by atoms with van der Waals surface area (Å²) in [5.74, 6) is 0.253. The van der Waals surface area contributed by atoms with E-state index in [-0.39, 0.29) is 11.9 Å². The zero-order valence-electron chi connectivity index (χ0n) is 11.8. The summed E-state index contributed by atoms with van der Waals surface area (Å²) in [4.78, 5) is 0. The van der Waals surface area contributed by atoms with Crippen LogP contribution in [-0.4, -0.2) is 13.7 Å². The van der Waals surface area contributed by atoms with Gasteiger partial charge < -0.3 is 10.1 Å². The van der Waals surface area contributed by atoms with Gasteiger partial charge in [-0.3, -0.25) is 0 Å². The molecular formula is C16H16Cl2FNO. The van der Waals surface area contributed by atoms with Crippen molar-refractivity contribution >= 4 is 23.2 Å². The Kier molecular flexibility index (Phi) is 5.45. The molecule has 0 saturated carbocycles. The smallest absolute Gasteiger partial charge is 0.139 e. The van der Waals surface area contributed by atoms with Gasteiger partial charge in [0.15, 0.2) is 0 Å². The van der Waals surface area contributed by atoms with E-state index in [4.69, 9.17) is 27.9 Å². The minimum atomic E-state index is -0.291. The molecule has 112 valence electrons. The molecule has 0 amide bonds. The van der Waals surface area contributed by atoms with Crippen molar-refractivity contribution < 1.29 is 9.13 Å². The van der Waals surface area contributed by atoms with Crippen LogP contribution in [0.4, 0.5) is 4.39 Å². The van der Waals surface area contributed by atoms with Crippen LogP contribution in [0.25, 0.3) is 0 Å². The summed E-state index contributed by atoms with van der Waals surface area (Å²) in [5.41, 5.74) is 1.55. The van der Waals surface area contributed by atoms with Gasteiger partial charge >= 0.3 is 0 Å². The lowest BCUT2D eigenvalue weighted by Gasteiger charge is -2.20. The van der Waals surface area contributed by atoms with E-state index >= 15 is 0 Å². The topological polar surface area (TPSA) is 21.3 Å². The molecule has 2 aromatic carbocycles. The number of halogens is 3. The monoisotopic (exact) mass is 327 g/mol. The van der Waals surface area contributed by atoms with Crippen molar-refractivity contribution in [2.24, 2.45) is 0 Å². The second-order valence-electron chi connectivity index (χ2n) is 4.51. The van der Waals surface area contributed by atoms with Crippen LogP contribution in [0.3, 0.4) is 0 Å². The van der Waals surface area contributed by atoms with Gasteiger partial charge in [0, 0.05) is 11.1 Å². The molecule has 0 bridgehead atoms. The molecule has 0 aliphatic carbocycles. The molecule has 0 saturated heterocycles. The number of hydrogen-bond donors (Lipinski definition) is 1. The Morgan fingerprint density at radius 3 is 2.57 bits per heavy atom. The highest BCUT2D eigenvalue weighted by atomic mass is 35.5. The average Bonchev–Trinajstić information content (AvgIpc) is 2.45. The molecule has 0 aliphatic heterocycles. The van der Waals surface area contributed by atoms with Crippen LogP contribution in [0.15, 0.2) is 36.4 Å². The van der Waals surface area contributed by atoms with Gasteiger partial charge in [0.2, 0.25) is 0 Å². The molecule has 0 aromatic heterocycles. The maximum Gasteiger partial charge on any atom is 0.139 e. The molecule has 0 aliphatic rings. The van der Waals surface area contributed by atoms with Crippen LogP contribution >= 0.6 is 23.2 Å². The first-order chi connectivity index (χ1) is 10.1. The lowest BCUT2D eigenvalue weighted by atomic mass is 9.98. The first-order valence-corrected chi connectivity index (χ1v) is 7.36. The van der Waals surface area contributed by atoms with Crippen LogP contribution in [0, 0.1) is 5.82 Å². The number of ether oxygens (including phenoxy) is 1. The normalized spacial score (nSPS) is 12.2. The Morgan fingerprint density at radius 1 is 1.19 bits per heavy atom. The SMILES string of the molecule is CCOc1cc(Cl)c(C(NC)c2cccc(F)c2)cc1Cl. The number of rotatable bonds is 5. The van der Waals surface area contributed by atoms with Crippen LogP contribution in [0.2, 0.25) is 10.0 Å². The van der Waals surface area contributed by atoms with Gasteiger partial charge in [-0.1, -0.05) is 35.3 Å². The molecule has 0 heterocycles. The molecular weight excluding hydrogens is 312 g/mol. The first-order valence-electron chi connectivity index (χ1n) is 6.61. The summed E-state index contributed by atoms with van der Waals surface area (Å²) in [7, 11) is 1.79. The Labute approximate surface area is 133 Å².